The smallest absolute Gasteiger partial charge is 0.264 e. The number of benzene rings is 3. The molecule has 1 atom stereocenters. The average Bonchev–Trinajstić information content (AvgIpc) is 3.44. The Morgan fingerprint density at radius 1 is 1.00 bits per heavy atom. The van der Waals surface area contributed by atoms with Gasteiger partial charge in [-0.3, -0.25) is 13.9 Å². The van der Waals surface area contributed by atoms with E-state index in [1.165, 1.54) is 47.4 Å². The van der Waals surface area contributed by atoms with Gasteiger partial charge in [0.25, 0.3) is 10.0 Å². The van der Waals surface area contributed by atoms with Crippen LogP contribution in [-0.2, 0) is 26.2 Å². The highest BCUT2D eigenvalue weighted by Crippen LogP contribution is 2.31. The van der Waals surface area contributed by atoms with E-state index >= 15 is 0 Å². The van der Waals surface area contributed by atoms with Gasteiger partial charge in [0.2, 0.25) is 11.8 Å². The first-order valence-corrected chi connectivity index (χ1v) is 15.1. The van der Waals surface area contributed by atoms with Crippen molar-refractivity contribution in [3.63, 3.8) is 0 Å². The quantitative estimate of drug-likeness (QED) is 0.342. The molecule has 1 aliphatic rings. The van der Waals surface area contributed by atoms with Crippen LogP contribution in [0.3, 0.4) is 0 Å². The first kappa shape index (κ1) is 29.6. The summed E-state index contributed by atoms with van der Waals surface area (Å²) in [6.45, 7) is 2.54. The Labute approximate surface area is 240 Å². The van der Waals surface area contributed by atoms with Crippen LogP contribution < -0.4 is 9.62 Å². The molecule has 3 aromatic rings. The molecule has 1 fully saturated rings. The van der Waals surface area contributed by atoms with Crippen LogP contribution in [0.15, 0.2) is 77.7 Å². The summed E-state index contributed by atoms with van der Waals surface area (Å²) in [5, 5.41) is 3.13. The molecule has 212 valence electrons. The maximum Gasteiger partial charge on any atom is 0.264 e. The maximum absolute atomic E-state index is 14.7. The number of carbonyl (C=O) groups excluding carboxylic acids is 2. The van der Waals surface area contributed by atoms with Gasteiger partial charge in [-0.1, -0.05) is 72.5 Å². The summed E-state index contributed by atoms with van der Waals surface area (Å²) in [7, 11) is -4.24. The van der Waals surface area contributed by atoms with Crippen molar-refractivity contribution >= 4 is 39.1 Å². The number of sulfonamides is 1. The highest BCUT2D eigenvalue weighted by Gasteiger charge is 2.34. The van der Waals surface area contributed by atoms with E-state index in [4.69, 9.17) is 11.6 Å². The van der Waals surface area contributed by atoms with Crippen LogP contribution in [0.25, 0.3) is 0 Å². The molecule has 0 spiro atoms. The van der Waals surface area contributed by atoms with Crippen LogP contribution >= 0.6 is 11.6 Å². The number of nitrogens with one attached hydrogen (secondary N) is 1. The molecule has 0 aromatic heterocycles. The number of amides is 2. The number of anilines is 1. The van der Waals surface area contributed by atoms with E-state index in [-0.39, 0.29) is 39.7 Å². The molecule has 0 unspecified atom stereocenters. The number of aryl methyl sites for hydroxylation is 1. The number of carbonyl (C=O) groups is 2. The van der Waals surface area contributed by atoms with E-state index < -0.39 is 34.3 Å². The molecule has 1 saturated carbocycles. The summed E-state index contributed by atoms with van der Waals surface area (Å²) in [4.78, 5) is 28.4. The molecule has 10 heteroatoms. The Hall–Kier alpha value is -3.43. The third kappa shape index (κ3) is 6.82. The summed E-state index contributed by atoms with van der Waals surface area (Å²) in [5.41, 5.74) is 1.20. The van der Waals surface area contributed by atoms with Crippen molar-refractivity contribution in [1.82, 2.24) is 10.2 Å². The number of nitrogens with zero attached hydrogens (tertiary/aromatic N) is 2. The Kier molecular flexibility index (Phi) is 9.48. The van der Waals surface area contributed by atoms with Crippen LogP contribution in [0, 0.1) is 12.7 Å². The highest BCUT2D eigenvalue weighted by atomic mass is 35.5. The van der Waals surface area contributed by atoms with Crippen molar-refractivity contribution < 1.29 is 22.4 Å². The lowest BCUT2D eigenvalue weighted by Gasteiger charge is -2.32. The molecule has 0 aliphatic heterocycles. The Morgan fingerprint density at radius 2 is 1.62 bits per heavy atom. The molecule has 2 amide bonds. The molecule has 1 N–H and O–H groups in total. The summed E-state index contributed by atoms with van der Waals surface area (Å²) >= 11 is 6.41. The Balaban J connectivity index is 1.70. The predicted octanol–water partition coefficient (Wildman–Crippen LogP) is 5.46. The second-order valence-corrected chi connectivity index (χ2v) is 12.3. The summed E-state index contributed by atoms with van der Waals surface area (Å²) in [6.07, 6.45) is 3.74. The Morgan fingerprint density at radius 3 is 2.27 bits per heavy atom. The van der Waals surface area contributed by atoms with Gasteiger partial charge >= 0.3 is 0 Å². The minimum atomic E-state index is -4.24. The molecule has 1 aliphatic carbocycles. The number of hydrogen-bond donors (Lipinski definition) is 1. The summed E-state index contributed by atoms with van der Waals surface area (Å²) < 4.78 is 43.3. The van der Waals surface area contributed by atoms with E-state index in [1.54, 1.807) is 37.3 Å². The lowest BCUT2D eigenvalue weighted by Crippen LogP contribution is -2.52. The first-order chi connectivity index (χ1) is 19.1. The zero-order chi connectivity index (χ0) is 28.9. The SMILES string of the molecule is Cc1ccc(S(=O)(=O)N(CC(=O)N(Cc2ccccc2F)[C@@H](C)C(=O)NC2CCCC2)c2ccccc2Cl)cc1. The van der Waals surface area contributed by atoms with Gasteiger partial charge in [0.15, 0.2) is 0 Å². The molecule has 40 heavy (non-hydrogen) atoms. The van der Waals surface area contributed by atoms with E-state index in [0.717, 1.165) is 35.6 Å². The second kappa shape index (κ2) is 12.8. The molecule has 3 aromatic carbocycles. The zero-order valence-corrected chi connectivity index (χ0v) is 24.1. The van der Waals surface area contributed by atoms with E-state index in [9.17, 15) is 22.4 Å². The van der Waals surface area contributed by atoms with E-state index in [2.05, 4.69) is 5.32 Å². The standard InChI is InChI=1S/C30H33ClFN3O4S/c1-21-15-17-25(18-16-21)40(38,39)35(28-14-8-6-12-26(28)31)20-29(36)34(19-23-9-3-7-13-27(23)32)22(2)30(37)33-24-10-4-5-11-24/h3,6-9,12-18,22,24H,4-5,10-11,19-20H2,1-2H3,(H,33,37)/t22-/m0/s1. The number of halogens is 2. The first-order valence-electron chi connectivity index (χ1n) is 13.2. The van der Waals surface area contributed by atoms with Gasteiger partial charge in [0.05, 0.1) is 15.6 Å². The van der Waals surface area contributed by atoms with Gasteiger partial charge in [-0.2, -0.15) is 0 Å². The molecule has 4 rings (SSSR count). The van der Waals surface area contributed by atoms with Crippen molar-refractivity contribution in [2.75, 3.05) is 10.8 Å². The van der Waals surface area contributed by atoms with Crippen molar-refractivity contribution in [2.24, 2.45) is 0 Å². The molecule has 0 bridgehead atoms. The number of hydrogen-bond acceptors (Lipinski definition) is 4. The van der Waals surface area contributed by atoms with E-state index in [1.807, 2.05) is 6.92 Å². The minimum absolute atomic E-state index is 0.0153. The van der Waals surface area contributed by atoms with Crippen LogP contribution in [-0.4, -0.2) is 43.8 Å². The minimum Gasteiger partial charge on any atom is -0.352 e. The van der Waals surface area contributed by atoms with Gasteiger partial charge in [0, 0.05) is 18.2 Å². The van der Waals surface area contributed by atoms with Crippen LogP contribution in [0.2, 0.25) is 5.02 Å². The fraction of sp³-hybridized carbons (Fsp3) is 0.333. The molecule has 0 heterocycles. The third-order valence-electron chi connectivity index (χ3n) is 7.18. The summed E-state index contributed by atoms with van der Waals surface area (Å²) in [5.74, 6) is -1.57. The van der Waals surface area contributed by atoms with Gasteiger partial charge in [-0.25, -0.2) is 12.8 Å². The largest absolute Gasteiger partial charge is 0.352 e. The summed E-state index contributed by atoms with van der Waals surface area (Å²) in [6, 6.07) is 17.6. The highest BCUT2D eigenvalue weighted by molar-refractivity contribution is 7.92. The van der Waals surface area contributed by atoms with Crippen molar-refractivity contribution in [3.8, 4) is 0 Å². The maximum atomic E-state index is 14.7. The number of rotatable bonds is 10. The van der Waals surface area contributed by atoms with Gasteiger partial charge in [-0.15, -0.1) is 0 Å². The van der Waals surface area contributed by atoms with Crippen molar-refractivity contribution in [3.05, 3.63) is 94.8 Å². The molecular formula is C30H33ClFN3O4S. The van der Waals surface area contributed by atoms with Gasteiger partial charge in [0.1, 0.15) is 18.4 Å². The van der Waals surface area contributed by atoms with Crippen LogP contribution in [0.5, 0.6) is 0 Å². The van der Waals surface area contributed by atoms with Crippen LogP contribution in [0.4, 0.5) is 10.1 Å². The Bertz CT molecular complexity index is 1460. The van der Waals surface area contributed by atoms with Crippen molar-refractivity contribution in [2.45, 2.75) is 63.1 Å². The van der Waals surface area contributed by atoms with Crippen molar-refractivity contribution in [1.29, 1.82) is 0 Å². The molecule has 7 nitrogen and oxygen atoms in total. The average molecular weight is 586 g/mol. The van der Waals surface area contributed by atoms with Crippen LogP contribution in [0.1, 0.15) is 43.7 Å². The third-order valence-corrected chi connectivity index (χ3v) is 9.27. The molecule has 0 radical (unpaired) electrons. The fourth-order valence-corrected chi connectivity index (χ4v) is 6.51. The molecular weight excluding hydrogens is 553 g/mol. The predicted molar refractivity (Wildman–Crippen MR) is 154 cm³/mol. The topological polar surface area (TPSA) is 86.8 Å². The normalized spacial score (nSPS) is 14.5. The number of para-hydroxylation sites is 1. The lowest BCUT2D eigenvalue weighted by molar-refractivity contribution is -0.139. The van der Waals surface area contributed by atoms with E-state index in [0.29, 0.717) is 0 Å². The fourth-order valence-electron chi connectivity index (χ4n) is 4.79. The second-order valence-electron chi connectivity index (χ2n) is 10.1. The van der Waals surface area contributed by atoms with Gasteiger partial charge in [-0.05, 0) is 57.0 Å². The lowest BCUT2D eigenvalue weighted by atomic mass is 10.1. The molecule has 0 saturated heterocycles. The van der Waals surface area contributed by atoms with Gasteiger partial charge < -0.3 is 10.2 Å². The monoisotopic (exact) mass is 585 g/mol. The zero-order valence-electron chi connectivity index (χ0n) is 22.5.